The smallest absolute Gasteiger partial charge is 0.280 e. The van der Waals surface area contributed by atoms with Crippen LogP contribution in [0.2, 0.25) is 0 Å². The van der Waals surface area contributed by atoms with Gasteiger partial charge in [0, 0.05) is 5.69 Å². The van der Waals surface area contributed by atoms with Crippen molar-refractivity contribution < 1.29 is 13.9 Å². The molecule has 0 aliphatic carbocycles. The Kier molecular flexibility index (Phi) is 5.02. The van der Waals surface area contributed by atoms with Crippen LogP contribution in [0.1, 0.15) is 28.5 Å². The Labute approximate surface area is 151 Å². The van der Waals surface area contributed by atoms with Crippen LogP contribution in [0.4, 0.5) is 10.1 Å². The second-order valence-corrected chi connectivity index (χ2v) is 5.90. The second-order valence-electron chi connectivity index (χ2n) is 5.90. The van der Waals surface area contributed by atoms with Gasteiger partial charge in [-0.2, -0.15) is 5.10 Å². The zero-order chi connectivity index (χ0) is 18.7. The molecule has 0 fully saturated rings. The Morgan fingerprint density at radius 2 is 1.92 bits per heavy atom. The lowest BCUT2D eigenvalue weighted by Crippen LogP contribution is -2.15. The minimum Gasteiger partial charge on any atom is -0.490 e. The Balaban J connectivity index is 1.93. The van der Waals surface area contributed by atoms with E-state index >= 15 is 0 Å². The van der Waals surface area contributed by atoms with Crippen molar-refractivity contribution in [1.29, 1.82) is 0 Å². The van der Waals surface area contributed by atoms with Gasteiger partial charge in [-0.1, -0.05) is 12.1 Å². The third-order valence-electron chi connectivity index (χ3n) is 4.14. The first-order chi connectivity index (χ1) is 12.5. The number of rotatable bonds is 5. The number of nitrogens with zero attached hydrogens (tertiary/aromatic N) is 2. The number of benzene rings is 2. The van der Waals surface area contributed by atoms with Gasteiger partial charge in [0.15, 0.2) is 11.4 Å². The molecule has 0 saturated heterocycles. The highest BCUT2D eigenvalue weighted by molar-refractivity contribution is 6.05. The van der Waals surface area contributed by atoms with Crippen molar-refractivity contribution in [1.82, 2.24) is 9.78 Å². The van der Waals surface area contributed by atoms with Crippen LogP contribution in [0.3, 0.4) is 0 Å². The topological polar surface area (TPSA) is 56.2 Å². The van der Waals surface area contributed by atoms with E-state index in [9.17, 15) is 9.18 Å². The van der Waals surface area contributed by atoms with E-state index in [1.54, 1.807) is 18.3 Å². The maximum Gasteiger partial charge on any atom is 0.280 e. The normalized spacial score (nSPS) is 10.6. The van der Waals surface area contributed by atoms with Crippen molar-refractivity contribution in [3.05, 3.63) is 71.3 Å². The number of nitrogens with one attached hydrogen (secondary N) is 1. The molecule has 0 atom stereocenters. The number of amides is 1. The molecule has 0 aliphatic rings. The molecular formula is C20H20FN3O2. The fraction of sp³-hybridized carbons (Fsp3) is 0.200. The summed E-state index contributed by atoms with van der Waals surface area (Å²) in [6, 6.07) is 11.6. The van der Waals surface area contributed by atoms with Gasteiger partial charge in [0.2, 0.25) is 0 Å². The van der Waals surface area contributed by atoms with Gasteiger partial charge >= 0.3 is 0 Å². The van der Waals surface area contributed by atoms with Gasteiger partial charge in [0.1, 0.15) is 5.82 Å². The molecule has 1 amide bonds. The number of aromatic nitrogens is 2. The minimum absolute atomic E-state index is 0.178. The molecule has 0 radical (unpaired) electrons. The molecule has 0 aliphatic heterocycles. The van der Waals surface area contributed by atoms with Gasteiger partial charge in [0.05, 0.1) is 18.5 Å². The van der Waals surface area contributed by atoms with Crippen LogP contribution in [0.25, 0.3) is 5.69 Å². The third kappa shape index (κ3) is 3.59. The zero-order valence-corrected chi connectivity index (χ0v) is 14.9. The molecule has 3 aromatic rings. The summed E-state index contributed by atoms with van der Waals surface area (Å²) in [7, 11) is 0. The fourth-order valence-corrected chi connectivity index (χ4v) is 2.57. The first-order valence-electron chi connectivity index (χ1n) is 8.35. The highest BCUT2D eigenvalue weighted by Crippen LogP contribution is 2.23. The average molecular weight is 353 g/mol. The number of halogens is 1. The lowest BCUT2D eigenvalue weighted by Gasteiger charge is -2.10. The molecule has 6 heteroatoms. The van der Waals surface area contributed by atoms with Crippen LogP contribution in [0.15, 0.2) is 48.7 Å². The summed E-state index contributed by atoms with van der Waals surface area (Å²) < 4.78 is 20.2. The molecule has 3 rings (SSSR count). The van der Waals surface area contributed by atoms with Gasteiger partial charge < -0.3 is 10.1 Å². The molecule has 1 heterocycles. The molecule has 1 aromatic heterocycles. The summed E-state index contributed by atoms with van der Waals surface area (Å²) in [6.07, 6.45) is 1.62. The Hall–Kier alpha value is -3.15. The zero-order valence-electron chi connectivity index (χ0n) is 14.9. The molecule has 0 spiro atoms. The SMILES string of the molecule is CCOc1cn(-c2ccc(F)cc2)nc1C(=O)Nc1cccc(C)c1C. The van der Waals surface area contributed by atoms with Crippen molar-refractivity contribution in [2.24, 2.45) is 0 Å². The number of aryl methyl sites for hydroxylation is 1. The maximum absolute atomic E-state index is 13.1. The van der Waals surface area contributed by atoms with E-state index in [-0.39, 0.29) is 17.4 Å². The first-order valence-corrected chi connectivity index (χ1v) is 8.35. The van der Waals surface area contributed by atoms with Crippen LogP contribution in [0.5, 0.6) is 5.75 Å². The molecule has 0 saturated carbocycles. The van der Waals surface area contributed by atoms with Crippen LogP contribution >= 0.6 is 0 Å². The molecular weight excluding hydrogens is 333 g/mol. The van der Waals surface area contributed by atoms with E-state index in [2.05, 4.69) is 10.4 Å². The number of carbonyl (C=O) groups is 1. The number of carbonyl (C=O) groups excluding carboxylic acids is 1. The van der Waals surface area contributed by atoms with E-state index in [4.69, 9.17) is 4.74 Å². The average Bonchev–Trinajstić information content (AvgIpc) is 3.04. The monoisotopic (exact) mass is 353 g/mol. The Morgan fingerprint density at radius 3 is 2.62 bits per heavy atom. The maximum atomic E-state index is 13.1. The van der Waals surface area contributed by atoms with Crippen LogP contribution in [-0.4, -0.2) is 22.3 Å². The number of hydrogen-bond acceptors (Lipinski definition) is 3. The molecule has 5 nitrogen and oxygen atoms in total. The van der Waals surface area contributed by atoms with E-state index in [1.807, 2.05) is 39.0 Å². The number of hydrogen-bond donors (Lipinski definition) is 1. The van der Waals surface area contributed by atoms with Crippen molar-refractivity contribution in [2.75, 3.05) is 11.9 Å². The van der Waals surface area contributed by atoms with E-state index in [1.165, 1.54) is 16.8 Å². The van der Waals surface area contributed by atoms with Crippen LogP contribution < -0.4 is 10.1 Å². The number of anilines is 1. The van der Waals surface area contributed by atoms with Gasteiger partial charge in [-0.05, 0) is 62.2 Å². The molecule has 0 bridgehead atoms. The Morgan fingerprint density at radius 1 is 1.19 bits per heavy atom. The summed E-state index contributed by atoms with van der Waals surface area (Å²) in [4.78, 5) is 12.7. The molecule has 26 heavy (non-hydrogen) atoms. The molecule has 1 N–H and O–H groups in total. The molecule has 0 unspecified atom stereocenters. The minimum atomic E-state index is -0.358. The Bertz CT molecular complexity index is 933. The third-order valence-corrected chi connectivity index (χ3v) is 4.14. The van der Waals surface area contributed by atoms with Gasteiger partial charge in [0.25, 0.3) is 5.91 Å². The van der Waals surface area contributed by atoms with E-state index < -0.39 is 0 Å². The lowest BCUT2D eigenvalue weighted by molar-refractivity contribution is 0.101. The lowest BCUT2D eigenvalue weighted by atomic mass is 10.1. The van der Waals surface area contributed by atoms with Gasteiger partial charge in [-0.25, -0.2) is 9.07 Å². The summed E-state index contributed by atoms with van der Waals surface area (Å²) in [5.74, 6) is -0.318. The largest absolute Gasteiger partial charge is 0.490 e. The predicted octanol–water partition coefficient (Wildman–Crippen LogP) is 4.28. The first kappa shape index (κ1) is 17.7. The summed E-state index contributed by atoms with van der Waals surface area (Å²) in [5, 5.41) is 7.22. The van der Waals surface area contributed by atoms with E-state index in [0.29, 0.717) is 18.0 Å². The highest BCUT2D eigenvalue weighted by Gasteiger charge is 2.19. The predicted molar refractivity (Wildman–Crippen MR) is 98.6 cm³/mol. The summed E-state index contributed by atoms with van der Waals surface area (Å²) >= 11 is 0. The van der Waals surface area contributed by atoms with Crippen molar-refractivity contribution >= 4 is 11.6 Å². The molecule has 134 valence electrons. The van der Waals surface area contributed by atoms with Crippen LogP contribution in [0, 0.1) is 19.7 Å². The van der Waals surface area contributed by atoms with E-state index in [0.717, 1.165) is 16.8 Å². The second kappa shape index (κ2) is 7.39. The quantitative estimate of drug-likeness (QED) is 0.745. The fourth-order valence-electron chi connectivity index (χ4n) is 2.57. The van der Waals surface area contributed by atoms with Crippen molar-refractivity contribution in [3.8, 4) is 11.4 Å². The summed E-state index contributed by atoms with van der Waals surface area (Å²) in [5.41, 5.74) is 3.63. The highest BCUT2D eigenvalue weighted by atomic mass is 19.1. The van der Waals surface area contributed by atoms with Crippen molar-refractivity contribution in [3.63, 3.8) is 0 Å². The van der Waals surface area contributed by atoms with Crippen molar-refractivity contribution in [2.45, 2.75) is 20.8 Å². The van der Waals surface area contributed by atoms with Crippen LogP contribution in [-0.2, 0) is 0 Å². The van der Waals surface area contributed by atoms with Gasteiger partial charge in [-0.3, -0.25) is 4.79 Å². The standard InChI is InChI=1S/C20H20FN3O2/c1-4-26-18-12-24(16-10-8-15(21)9-11-16)23-19(18)20(25)22-17-7-5-6-13(2)14(17)3/h5-12H,4H2,1-3H3,(H,22,25). The number of ether oxygens (including phenoxy) is 1. The van der Waals surface area contributed by atoms with Gasteiger partial charge in [-0.15, -0.1) is 0 Å². The summed E-state index contributed by atoms with van der Waals surface area (Å²) in [6.45, 7) is 6.17. The molecule has 2 aromatic carbocycles.